The van der Waals surface area contributed by atoms with Gasteiger partial charge in [-0.15, -0.1) is 0 Å². The molecule has 0 N–H and O–H groups in total. The average molecular weight is 408 g/mol. The Morgan fingerprint density at radius 1 is 0.931 bits per heavy atom. The van der Waals surface area contributed by atoms with Crippen LogP contribution < -0.4 is 4.74 Å². The molecule has 0 bridgehead atoms. The second-order valence-electron chi connectivity index (χ2n) is 6.10. The van der Waals surface area contributed by atoms with Crippen molar-refractivity contribution >= 4 is 16.8 Å². The molecule has 3 rings (SSSR count). The van der Waals surface area contributed by atoms with Crippen molar-refractivity contribution in [2.75, 3.05) is 6.61 Å². The minimum atomic E-state index is -2.25. The van der Waals surface area contributed by atoms with Gasteiger partial charge >= 0.3 is 0 Å². The summed E-state index contributed by atoms with van der Waals surface area (Å²) >= 11 is 0. The number of fused-ring (bicyclic) bond motifs is 1. The molecule has 29 heavy (non-hydrogen) atoms. The van der Waals surface area contributed by atoms with Crippen LogP contribution in [0.5, 0.6) is 5.75 Å². The SMILES string of the molecule is CC=CCOc1cc(F)c(-c2ccc3c(F)c(C=C(F)F)c(F)cc3c2)c(F)c1. The van der Waals surface area contributed by atoms with Crippen molar-refractivity contribution in [2.24, 2.45) is 0 Å². The molecule has 0 aliphatic heterocycles. The van der Waals surface area contributed by atoms with Crippen molar-refractivity contribution in [1.29, 1.82) is 0 Å². The molecule has 0 spiro atoms. The number of rotatable bonds is 5. The van der Waals surface area contributed by atoms with Crippen LogP contribution in [0.4, 0.5) is 26.3 Å². The zero-order valence-electron chi connectivity index (χ0n) is 15.1. The first-order valence-corrected chi connectivity index (χ1v) is 8.49. The molecule has 3 aromatic carbocycles. The lowest BCUT2D eigenvalue weighted by Crippen LogP contribution is -1.98. The van der Waals surface area contributed by atoms with Gasteiger partial charge in [-0.25, -0.2) is 17.6 Å². The summed E-state index contributed by atoms with van der Waals surface area (Å²) in [5.41, 5.74) is -1.25. The summed E-state index contributed by atoms with van der Waals surface area (Å²) < 4.78 is 87.5. The van der Waals surface area contributed by atoms with Crippen molar-refractivity contribution < 1.29 is 31.1 Å². The second kappa shape index (κ2) is 8.43. The van der Waals surface area contributed by atoms with Gasteiger partial charge in [-0.2, -0.15) is 8.78 Å². The maximum atomic E-state index is 14.5. The first-order valence-electron chi connectivity index (χ1n) is 8.49. The highest BCUT2D eigenvalue weighted by molar-refractivity contribution is 5.90. The molecule has 0 saturated heterocycles. The Bertz CT molecular complexity index is 1110. The van der Waals surface area contributed by atoms with Crippen LogP contribution in [0.15, 0.2) is 54.6 Å². The molecule has 0 aliphatic rings. The van der Waals surface area contributed by atoms with E-state index in [1.54, 1.807) is 19.1 Å². The molecular formula is C22H14F6O. The molecule has 0 heterocycles. The van der Waals surface area contributed by atoms with Crippen LogP contribution >= 0.6 is 0 Å². The van der Waals surface area contributed by atoms with Crippen LogP contribution in [0, 0.1) is 23.3 Å². The van der Waals surface area contributed by atoms with E-state index in [-0.39, 0.29) is 34.8 Å². The molecule has 0 aromatic heterocycles. The first kappa shape index (κ1) is 20.5. The van der Waals surface area contributed by atoms with E-state index in [0.29, 0.717) is 0 Å². The Hall–Kier alpha value is -3.22. The zero-order chi connectivity index (χ0) is 21.1. The lowest BCUT2D eigenvalue weighted by atomic mass is 9.98. The normalized spacial score (nSPS) is 11.3. The van der Waals surface area contributed by atoms with Gasteiger partial charge in [0.15, 0.2) is 0 Å². The Balaban J connectivity index is 2.08. The molecule has 0 unspecified atom stereocenters. The third-order valence-electron chi connectivity index (χ3n) is 4.20. The molecule has 150 valence electrons. The number of ether oxygens (including phenoxy) is 1. The van der Waals surface area contributed by atoms with E-state index < -0.39 is 40.5 Å². The number of hydrogen-bond donors (Lipinski definition) is 0. The lowest BCUT2D eigenvalue weighted by Gasteiger charge is -2.11. The smallest absolute Gasteiger partial charge is 0.271 e. The first-order chi connectivity index (χ1) is 13.8. The summed E-state index contributed by atoms with van der Waals surface area (Å²) in [5.74, 6) is -4.24. The summed E-state index contributed by atoms with van der Waals surface area (Å²) in [7, 11) is 0. The van der Waals surface area contributed by atoms with Crippen molar-refractivity contribution in [1.82, 2.24) is 0 Å². The van der Waals surface area contributed by atoms with Gasteiger partial charge in [-0.05, 0) is 30.0 Å². The van der Waals surface area contributed by atoms with Gasteiger partial charge in [0.25, 0.3) is 6.08 Å². The second-order valence-corrected chi connectivity index (χ2v) is 6.10. The van der Waals surface area contributed by atoms with Crippen LogP contribution in [0.3, 0.4) is 0 Å². The predicted molar refractivity (Wildman–Crippen MR) is 99.7 cm³/mol. The Labute approximate surface area is 162 Å². The van der Waals surface area contributed by atoms with Gasteiger partial charge in [-0.3, -0.25) is 0 Å². The number of halogens is 6. The van der Waals surface area contributed by atoms with Crippen LogP contribution in [0.25, 0.3) is 28.0 Å². The van der Waals surface area contributed by atoms with E-state index >= 15 is 0 Å². The maximum absolute atomic E-state index is 14.5. The van der Waals surface area contributed by atoms with E-state index in [0.717, 1.165) is 24.3 Å². The van der Waals surface area contributed by atoms with Crippen molar-refractivity contribution in [3.63, 3.8) is 0 Å². The molecule has 0 radical (unpaired) electrons. The predicted octanol–water partition coefficient (Wildman–Crippen LogP) is 7.26. The highest BCUT2D eigenvalue weighted by Crippen LogP contribution is 2.34. The van der Waals surface area contributed by atoms with Crippen molar-refractivity contribution in [2.45, 2.75) is 6.92 Å². The number of benzene rings is 3. The Morgan fingerprint density at radius 2 is 1.62 bits per heavy atom. The standard InChI is InChI=1S/C22H14F6O/c1-2-3-6-29-14-9-18(24)21(19(25)10-14)12-4-5-15-13(7-12)8-17(23)16(22(15)28)11-20(26)27/h2-5,7-11H,6H2,1H3. The lowest BCUT2D eigenvalue weighted by molar-refractivity contribution is 0.358. The Morgan fingerprint density at radius 3 is 2.24 bits per heavy atom. The third-order valence-corrected chi connectivity index (χ3v) is 4.20. The topological polar surface area (TPSA) is 9.23 Å². The van der Waals surface area contributed by atoms with Crippen LogP contribution in [-0.2, 0) is 0 Å². The van der Waals surface area contributed by atoms with E-state index in [4.69, 9.17) is 4.74 Å². The molecule has 0 saturated carbocycles. The molecule has 0 fully saturated rings. The highest BCUT2D eigenvalue weighted by Gasteiger charge is 2.17. The zero-order valence-corrected chi connectivity index (χ0v) is 15.1. The Kier molecular flexibility index (Phi) is 5.96. The fraction of sp³-hybridized carbons (Fsp3) is 0.0909. The van der Waals surface area contributed by atoms with E-state index in [9.17, 15) is 26.3 Å². The van der Waals surface area contributed by atoms with Crippen LogP contribution in [0.2, 0.25) is 0 Å². The molecular weight excluding hydrogens is 394 g/mol. The quantitative estimate of drug-likeness (QED) is 0.319. The van der Waals surface area contributed by atoms with Crippen molar-refractivity contribution in [3.05, 3.63) is 83.5 Å². The maximum Gasteiger partial charge on any atom is 0.271 e. The largest absolute Gasteiger partial charge is 0.489 e. The van der Waals surface area contributed by atoms with Gasteiger partial charge in [-0.1, -0.05) is 24.3 Å². The van der Waals surface area contributed by atoms with Gasteiger partial charge in [0, 0.05) is 23.6 Å². The van der Waals surface area contributed by atoms with E-state index in [1.807, 2.05) is 0 Å². The molecule has 0 aliphatic carbocycles. The molecule has 3 aromatic rings. The summed E-state index contributed by atoms with van der Waals surface area (Å²) in [4.78, 5) is 0. The van der Waals surface area contributed by atoms with E-state index in [1.165, 1.54) is 12.1 Å². The molecule has 0 atom stereocenters. The van der Waals surface area contributed by atoms with Crippen LogP contribution in [-0.4, -0.2) is 6.61 Å². The summed E-state index contributed by atoms with van der Waals surface area (Å²) in [6, 6.07) is 6.41. The highest BCUT2D eigenvalue weighted by atomic mass is 19.3. The molecule has 7 heteroatoms. The summed E-state index contributed by atoms with van der Waals surface area (Å²) in [6.45, 7) is 1.91. The third kappa shape index (κ3) is 4.29. The van der Waals surface area contributed by atoms with Gasteiger partial charge in [0.05, 0.1) is 11.1 Å². The fourth-order valence-corrected chi connectivity index (χ4v) is 2.89. The van der Waals surface area contributed by atoms with Gasteiger partial charge in [0.2, 0.25) is 0 Å². The van der Waals surface area contributed by atoms with Gasteiger partial charge in [0.1, 0.15) is 35.6 Å². The molecule has 1 nitrogen and oxygen atoms in total. The monoisotopic (exact) mass is 408 g/mol. The van der Waals surface area contributed by atoms with E-state index in [2.05, 4.69) is 0 Å². The fourth-order valence-electron chi connectivity index (χ4n) is 2.89. The van der Waals surface area contributed by atoms with Crippen molar-refractivity contribution in [3.8, 4) is 16.9 Å². The number of allylic oxidation sites excluding steroid dienone is 1. The van der Waals surface area contributed by atoms with Crippen LogP contribution in [0.1, 0.15) is 12.5 Å². The summed E-state index contributed by atoms with van der Waals surface area (Å²) in [5, 5.41) is -0.184. The minimum absolute atomic E-state index is 0.00981. The number of hydrogen-bond acceptors (Lipinski definition) is 1. The molecule has 0 amide bonds. The van der Waals surface area contributed by atoms with Gasteiger partial charge < -0.3 is 4.74 Å². The average Bonchev–Trinajstić information content (AvgIpc) is 2.64. The summed E-state index contributed by atoms with van der Waals surface area (Å²) in [6.07, 6.45) is 1.22. The minimum Gasteiger partial charge on any atom is -0.489 e.